The molecule has 0 saturated heterocycles. The summed E-state index contributed by atoms with van der Waals surface area (Å²) in [7, 11) is 0. The Morgan fingerprint density at radius 2 is 1.89 bits per heavy atom. The van der Waals surface area contributed by atoms with Gasteiger partial charge in [-0.3, -0.25) is 0 Å². The fourth-order valence-electron chi connectivity index (χ4n) is 2.50. The molecule has 0 aromatic rings. The first-order valence-corrected chi connectivity index (χ1v) is 7.69. The zero-order valence-corrected chi connectivity index (χ0v) is 12.5. The third-order valence-corrected chi connectivity index (χ3v) is 3.84. The van der Waals surface area contributed by atoms with Crippen LogP contribution in [0.15, 0.2) is 12.3 Å². The lowest BCUT2D eigenvalue weighted by Gasteiger charge is -2.18. The Morgan fingerprint density at radius 3 is 2.53 bits per heavy atom. The number of rotatable bonds is 7. The van der Waals surface area contributed by atoms with Crippen LogP contribution in [-0.2, 0) is 0 Å². The SMILES string of the molecule is CCN(CC)CCNC(=O)N/C=C/C1CCCCC1. The molecule has 4 nitrogen and oxygen atoms in total. The number of allylic oxidation sites excluding steroid dienone is 1. The lowest BCUT2D eigenvalue weighted by Crippen LogP contribution is -2.38. The summed E-state index contributed by atoms with van der Waals surface area (Å²) in [5.41, 5.74) is 0. The quantitative estimate of drug-likeness (QED) is 0.745. The fraction of sp³-hybridized carbons (Fsp3) is 0.800. The van der Waals surface area contributed by atoms with Gasteiger partial charge in [-0.15, -0.1) is 0 Å². The van der Waals surface area contributed by atoms with E-state index in [-0.39, 0.29) is 6.03 Å². The van der Waals surface area contributed by atoms with E-state index >= 15 is 0 Å². The van der Waals surface area contributed by atoms with Crippen molar-refractivity contribution in [2.24, 2.45) is 5.92 Å². The van der Waals surface area contributed by atoms with Gasteiger partial charge >= 0.3 is 6.03 Å². The highest BCUT2D eigenvalue weighted by Gasteiger charge is 2.09. The molecule has 0 spiro atoms. The molecule has 1 aliphatic carbocycles. The van der Waals surface area contributed by atoms with E-state index in [2.05, 4.69) is 35.5 Å². The summed E-state index contributed by atoms with van der Waals surface area (Å²) < 4.78 is 0. The molecular formula is C15H29N3O. The molecule has 0 aromatic heterocycles. The van der Waals surface area contributed by atoms with Crippen LogP contribution in [0.4, 0.5) is 4.79 Å². The summed E-state index contributed by atoms with van der Waals surface area (Å²) >= 11 is 0. The van der Waals surface area contributed by atoms with Crippen molar-refractivity contribution in [1.82, 2.24) is 15.5 Å². The van der Waals surface area contributed by atoms with Crippen LogP contribution in [0.25, 0.3) is 0 Å². The molecule has 0 aromatic carbocycles. The number of nitrogens with zero attached hydrogens (tertiary/aromatic N) is 1. The smallest absolute Gasteiger partial charge is 0.318 e. The van der Waals surface area contributed by atoms with E-state index in [1.165, 1.54) is 32.1 Å². The van der Waals surface area contributed by atoms with Crippen molar-refractivity contribution in [2.75, 3.05) is 26.2 Å². The molecule has 1 fully saturated rings. The van der Waals surface area contributed by atoms with E-state index < -0.39 is 0 Å². The predicted octanol–water partition coefficient (Wildman–Crippen LogP) is 2.72. The van der Waals surface area contributed by atoms with Gasteiger partial charge in [0, 0.05) is 19.3 Å². The maximum atomic E-state index is 11.6. The van der Waals surface area contributed by atoms with Crippen LogP contribution in [0, 0.1) is 5.92 Å². The van der Waals surface area contributed by atoms with Gasteiger partial charge in [0.2, 0.25) is 0 Å². The van der Waals surface area contributed by atoms with E-state index in [9.17, 15) is 4.79 Å². The lowest BCUT2D eigenvalue weighted by molar-refractivity contribution is 0.240. The molecular weight excluding hydrogens is 238 g/mol. The van der Waals surface area contributed by atoms with Crippen LogP contribution in [-0.4, -0.2) is 37.1 Å². The number of urea groups is 1. The summed E-state index contributed by atoms with van der Waals surface area (Å²) in [6.45, 7) is 7.94. The molecule has 110 valence electrons. The molecule has 1 saturated carbocycles. The maximum absolute atomic E-state index is 11.6. The van der Waals surface area contributed by atoms with Crippen LogP contribution in [0.1, 0.15) is 46.0 Å². The van der Waals surface area contributed by atoms with E-state index in [0.29, 0.717) is 12.5 Å². The molecule has 1 aliphatic rings. The Hall–Kier alpha value is -1.03. The van der Waals surface area contributed by atoms with Gasteiger partial charge in [-0.2, -0.15) is 0 Å². The summed E-state index contributed by atoms with van der Waals surface area (Å²) in [6.07, 6.45) is 10.5. The highest BCUT2D eigenvalue weighted by molar-refractivity contribution is 5.74. The zero-order chi connectivity index (χ0) is 13.9. The second-order valence-electron chi connectivity index (χ2n) is 5.18. The Labute approximate surface area is 117 Å². The lowest BCUT2D eigenvalue weighted by atomic mass is 9.89. The van der Waals surface area contributed by atoms with Crippen LogP contribution in [0.2, 0.25) is 0 Å². The van der Waals surface area contributed by atoms with Gasteiger partial charge in [-0.05, 0) is 31.8 Å². The van der Waals surface area contributed by atoms with Crippen molar-refractivity contribution in [1.29, 1.82) is 0 Å². The minimum atomic E-state index is -0.0979. The van der Waals surface area contributed by atoms with E-state index in [4.69, 9.17) is 0 Å². The van der Waals surface area contributed by atoms with Crippen molar-refractivity contribution in [3.63, 3.8) is 0 Å². The van der Waals surface area contributed by atoms with Crippen LogP contribution in [0.5, 0.6) is 0 Å². The van der Waals surface area contributed by atoms with E-state index in [1.54, 1.807) is 0 Å². The molecule has 0 radical (unpaired) electrons. The highest BCUT2D eigenvalue weighted by atomic mass is 16.2. The average molecular weight is 267 g/mol. The Morgan fingerprint density at radius 1 is 1.21 bits per heavy atom. The number of hydrogen-bond acceptors (Lipinski definition) is 2. The van der Waals surface area contributed by atoms with Crippen molar-refractivity contribution in [3.05, 3.63) is 12.3 Å². The first-order valence-electron chi connectivity index (χ1n) is 7.69. The standard InChI is InChI=1S/C15H29N3O/c1-3-18(4-2)13-12-17-15(19)16-11-10-14-8-6-5-7-9-14/h10-11,14H,3-9,12-13H2,1-2H3,(H2,16,17,19)/b11-10+. The highest BCUT2D eigenvalue weighted by Crippen LogP contribution is 2.24. The average Bonchev–Trinajstić information content (AvgIpc) is 2.45. The monoisotopic (exact) mass is 267 g/mol. The molecule has 2 N–H and O–H groups in total. The summed E-state index contributed by atoms with van der Waals surface area (Å²) in [6, 6.07) is -0.0979. The van der Waals surface area contributed by atoms with Crippen molar-refractivity contribution in [2.45, 2.75) is 46.0 Å². The molecule has 0 atom stereocenters. The first-order chi connectivity index (χ1) is 9.26. The number of nitrogens with one attached hydrogen (secondary N) is 2. The second kappa shape index (κ2) is 9.84. The van der Waals surface area contributed by atoms with Gasteiger partial charge in [-0.1, -0.05) is 39.2 Å². The Bertz CT molecular complexity index is 269. The normalized spacial score (nSPS) is 17.0. The first kappa shape index (κ1) is 16.0. The molecule has 2 amide bonds. The molecule has 0 unspecified atom stereocenters. The maximum Gasteiger partial charge on any atom is 0.318 e. The van der Waals surface area contributed by atoms with E-state index in [0.717, 1.165) is 19.6 Å². The molecule has 0 aliphatic heterocycles. The predicted molar refractivity (Wildman–Crippen MR) is 80.0 cm³/mol. The minimum Gasteiger partial charge on any atom is -0.337 e. The molecule has 0 heterocycles. The van der Waals surface area contributed by atoms with Gasteiger partial charge in [-0.25, -0.2) is 4.79 Å². The third kappa shape index (κ3) is 7.21. The summed E-state index contributed by atoms with van der Waals surface area (Å²) in [5, 5.41) is 5.67. The van der Waals surface area contributed by atoms with Gasteiger partial charge < -0.3 is 15.5 Å². The second-order valence-corrected chi connectivity index (χ2v) is 5.18. The van der Waals surface area contributed by atoms with Crippen molar-refractivity contribution < 1.29 is 4.79 Å². The number of likely N-dealkylation sites (N-methyl/N-ethyl adjacent to an activating group) is 1. The summed E-state index contributed by atoms with van der Waals surface area (Å²) in [4.78, 5) is 13.8. The van der Waals surface area contributed by atoms with Crippen LogP contribution in [0.3, 0.4) is 0 Å². The number of carbonyl (C=O) groups is 1. The Kier molecular flexibility index (Phi) is 8.30. The summed E-state index contributed by atoms with van der Waals surface area (Å²) in [5.74, 6) is 0.657. The third-order valence-electron chi connectivity index (χ3n) is 3.84. The van der Waals surface area contributed by atoms with Gasteiger partial charge in [0.25, 0.3) is 0 Å². The Balaban J connectivity index is 2.08. The van der Waals surface area contributed by atoms with Crippen molar-refractivity contribution >= 4 is 6.03 Å². The molecule has 4 heteroatoms. The van der Waals surface area contributed by atoms with Gasteiger partial charge in [0.1, 0.15) is 0 Å². The van der Waals surface area contributed by atoms with Crippen LogP contribution >= 0.6 is 0 Å². The topological polar surface area (TPSA) is 44.4 Å². The van der Waals surface area contributed by atoms with Gasteiger partial charge in [0.05, 0.1) is 0 Å². The fourth-order valence-corrected chi connectivity index (χ4v) is 2.50. The molecule has 19 heavy (non-hydrogen) atoms. The number of amides is 2. The largest absolute Gasteiger partial charge is 0.337 e. The number of hydrogen-bond donors (Lipinski definition) is 2. The van der Waals surface area contributed by atoms with Gasteiger partial charge in [0.15, 0.2) is 0 Å². The zero-order valence-electron chi connectivity index (χ0n) is 12.5. The minimum absolute atomic E-state index is 0.0979. The van der Waals surface area contributed by atoms with Crippen molar-refractivity contribution in [3.8, 4) is 0 Å². The molecule has 1 rings (SSSR count). The van der Waals surface area contributed by atoms with E-state index in [1.807, 2.05) is 6.20 Å². The molecule has 0 bridgehead atoms. The number of carbonyl (C=O) groups excluding carboxylic acids is 1. The van der Waals surface area contributed by atoms with Crippen LogP contribution < -0.4 is 10.6 Å².